The number of aldehydes is 1. The topological polar surface area (TPSA) is 17.1 Å². The number of carbonyl (C=O) groups is 1. The third-order valence-corrected chi connectivity index (χ3v) is 2.80. The third kappa shape index (κ3) is 1.64. The second-order valence-electron chi connectivity index (χ2n) is 3.76. The lowest BCUT2D eigenvalue weighted by Crippen LogP contribution is -2.18. The monoisotopic (exact) mass is 214 g/mol. The first-order chi connectivity index (χ1) is 7.13. The highest BCUT2D eigenvalue weighted by atomic mass is 19.2. The molecule has 4 heteroatoms. The van der Waals surface area contributed by atoms with Crippen molar-refractivity contribution in [1.29, 1.82) is 0 Å². The summed E-state index contributed by atoms with van der Waals surface area (Å²) in [5.74, 6) is -3.91. The molecule has 1 aliphatic rings. The van der Waals surface area contributed by atoms with Gasteiger partial charge in [-0.2, -0.15) is 0 Å². The molecular weight excluding hydrogens is 205 g/mol. The molecule has 0 spiro atoms. The number of carbonyl (C=O) groups excluding carboxylic acids is 1. The molecule has 0 aliphatic heterocycles. The van der Waals surface area contributed by atoms with E-state index in [4.69, 9.17) is 0 Å². The minimum Gasteiger partial charge on any atom is -0.303 e. The predicted octanol–water partition coefficient (Wildman–Crippen LogP) is 2.41. The van der Waals surface area contributed by atoms with Crippen molar-refractivity contribution in [3.63, 3.8) is 0 Å². The van der Waals surface area contributed by atoms with Crippen LogP contribution in [0.25, 0.3) is 0 Å². The second kappa shape index (κ2) is 3.68. The lowest BCUT2D eigenvalue weighted by Gasteiger charge is -2.21. The van der Waals surface area contributed by atoms with Gasteiger partial charge in [0.05, 0.1) is 0 Å². The molecule has 1 nitrogen and oxygen atoms in total. The minimum absolute atomic E-state index is 0.207. The van der Waals surface area contributed by atoms with Gasteiger partial charge in [0.25, 0.3) is 0 Å². The van der Waals surface area contributed by atoms with Gasteiger partial charge in [0.1, 0.15) is 6.29 Å². The first-order valence-corrected chi connectivity index (χ1v) is 4.74. The Hall–Kier alpha value is -1.32. The van der Waals surface area contributed by atoms with Gasteiger partial charge < -0.3 is 4.79 Å². The molecule has 1 aliphatic carbocycles. The van der Waals surface area contributed by atoms with Crippen LogP contribution >= 0.6 is 0 Å². The maximum atomic E-state index is 13.3. The molecule has 0 radical (unpaired) electrons. The van der Waals surface area contributed by atoms with Gasteiger partial charge in [-0.05, 0) is 36.5 Å². The average molecular weight is 214 g/mol. The van der Waals surface area contributed by atoms with E-state index in [2.05, 4.69) is 0 Å². The molecular formula is C11H9F3O. The molecule has 0 fully saturated rings. The highest BCUT2D eigenvalue weighted by Gasteiger charge is 2.24. The molecule has 0 saturated carbocycles. The highest BCUT2D eigenvalue weighted by Crippen LogP contribution is 2.29. The molecule has 0 heterocycles. The summed E-state index contributed by atoms with van der Waals surface area (Å²) in [5, 5.41) is 0. The summed E-state index contributed by atoms with van der Waals surface area (Å²) >= 11 is 0. The zero-order valence-corrected chi connectivity index (χ0v) is 7.90. The largest absolute Gasteiger partial charge is 0.303 e. The molecule has 80 valence electrons. The van der Waals surface area contributed by atoms with Crippen LogP contribution in [0.3, 0.4) is 0 Å². The van der Waals surface area contributed by atoms with Crippen LogP contribution in [0.1, 0.15) is 17.5 Å². The van der Waals surface area contributed by atoms with Crippen LogP contribution in [-0.2, 0) is 17.6 Å². The van der Waals surface area contributed by atoms with Crippen LogP contribution in [0.4, 0.5) is 13.2 Å². The predicted molar refractivity (Wildman–Crippen MR) is 47.9 cm³/mol. The smallest absolute Gasteiger partial charge is 0.194 e. The summed E-state index contributed by atoms with van der Waals surface area (Å²) in [7, 11) is 0. The fourth-order valence-corrected chi connectivity index (χ4v) is 1.96. The van der Waals surface area contributed by atoms with Crippen molar-refractivity contribution >= 4 is 6.29 Å². The second-order valence-corrected chi connectivity index (χ2v) is 3.76. The first kappa shape index (κ1) is 10.2. The van der Waals surface area contributed by atoms with Gasteiger partial charge in [-0.15, -0.1) is 0 Å². The maximum absolute atomic E-state index is 13.3. The molecule has 0 amide bonds. The van der Waals surface area contributed by atoms with Crippen molar-refractivity contribution in [2.75, 3.05) is 0 Å². The number of fused-ring (bicyclic) bond motifs is 1. The van der Waals surface area contributed by atoms with Crippen molar-refractivity contribution in [2.24, 2.45) is 5.92 Å². The Labute approximate surface area is 84.9 Å². The zero-order valence-electron chi connectivity index (χ0n) is 7.90. The molecule has 0 saturated heterocycles. The number of benzene rings is 1. The summed E-state index contributed by atoms with van der Waals surface area (Å²) in [6, 6.07) is 0.989. The van der Waals surface area contributed by atoms with Crippen LogP contribution < -0.4 is 0 Å². The molecule has 15 heavy (non-hydrogen) atoms. The van der Waals surface area contributed by atoms with Crippen molar-refractivity contribution in [3.8, 4) is 0 Å². The van der Waals surface area contributed by atoms with Gasteiger partial charge in [-0.1, -0.05) is 0 Å². The average Bonchev–Trinajstić information content (AvgIpc) is 2.25. The molecule has 1 unspecified atom stereocenters. The molecule has 0 bridgehead atoms. The van der Waals surface area contributed by atoms with Gasteiger partial charge >= 0.3 is 0 Å². The van der Waals surface area contributed by atoms with Gasteiger partial charge in [0, 0.05) is 5.92 Å². The van der Waals surface area contributed by atoms with E-state index in [0.717, 1.165) is 12.4 Å². The molecule has 0 aromatic heterocycles. The van der Waals surface area contributed by atoms with Crippen LogP contribution in [0.2, 0.25) is 0 Å². The molecule has 2 rings (SSSR count). The van der Waals surface area contributed by atoms with E-state index >= 15 is 0 Å². The quantitative estimate of drug-likeness (QED) is 0.518. The van der Waals surface area contributed by atoms with Crippen LogP contribution in [0, 0.1) is 23.4 Å². The van der Waals surface area contributed by atoms with Gasteiger partial charge in [0.2, 0.25) is 0 Å². The fraction of sp³-hybridized carbons (Fsp3) is 0.364. The van der Waals surface area contributed by atoms with Crippen molar-refractivity contribution in [3.05, 3.63) is 34.6 Å². The summed E-state index contributed by atoms with van der Waals surface area (Å²) in [4.78, 5) is 10.5. The number of halogens is 3. The summed E-state index contributed by atoms with van der Waals surface area (Å²) < 4.78 is 39.0. The Morgan fingerprint density at radius 3 is 2.67 bits per heavy atom. The molecule has 1 aromatic carbocycles. The molecule has 0 N–H and O–H groups in total. The van der Waals surface area contributed by atoms with E-state index in [-0.39, 0.29) is 11.5 Å². The van der Waals surface area contributed by atoms with E-state index in [1.807, 2.05) is 0 Å². The minimum atomic E-state index is -1.42. The molecule has 1 aromatic rings. The first-order valence-electron chi connectivity index (χ1n) is 4.74. The summed E-state index contributed by atoms with van der Waals surface area (Å²) in [6.07, 6.45) is 1.87. The van der Waals surface area contributed by atoms with Crippen molar-refractivity contribution < 1.29 is 18.0 Å². The lowest BCUT2D eigenvalue weighted by atomic mass is 9.84. The van der Waals surface area contributed by atoms with Crippen LogP contribution in [0.15, 0.2) is 6.07 Å². The molecule has 1 atom stereocenters. The van der Waals surface area contributed by atoms with E-state index in [1.165, 1.54) is 0 Å². The Morgan fingerprint density at radius 2 is 2.00 bits per heavy atom. The van der Waals surface area contributed by atoms with Crippen molar-refractivity contribution in [1.82, 2.24) is 0 Å². The standard InChI is InChI=1S/C11H9F3O/c12-9-4-7-3-6(5-15)1-2-8(7)10(13)11(9)14/h4-6H,1-3H2. The van der Waals surface area contributed by atoms with Crippen LogP contribution in [0.5, 0.6) is 0 Å². The summed E-state index contributed by atoms with van der Waals surface area (Å²) in [5.41, 5.74) is 0.627. The Kier molecular flexibility index (Phi) is 2.50. The zero-order chi connectivity index (χ0) is 11.0. The Bertz CT molecular complexity index is 415. The summed E-state index contributed by atoms with van der Waals surface area (Å²) in [6.45, 7) is 0. The number of hydrogen-bond donors (Lipinski definition) is 0. The van der Waals surface area contributed by atoms with E-state index in [0.29, 0.717) is 24.8 Å². The van der Waals surface area contributed by atoms with E-state index in [1.54, 1.807) is 0 Å². The van der Waals surface area contributed by atoms with E-state index in [9.17, 15) is 18.0 Å². The Morgan fingerprint density at radius 1 is 1.27 bits per heavy atom. The maximum Gasteiger partial charge on any atom is 0.194 e. The fourth-order valence-electron chi connectivity index (χ4n) is 1.96. The normalized spacial score (nSPS) is 19.8. The highest BCUT2D eigenvalue weighted by molar-refractivity contribution is 5.56. The number of hydrogen-bond acceptors (Lipinski definition) is 1. The van der Waals surface area contributed by atoms with Gasteiger partial charge in [-0.25, -0.2) is 13.2 Å². The van der Waals surface area contributed by atoms with Crippen LogP contribution in [-0.4, -0.2) is 6.29 Å². The third-order valence-electron chi connectivity index (χ3n) is 2.80. The Balaban J connectivity index is 2.48. The van der Waals surface area contributed by atoms with E-state index < -0.39 is 17.5 Å². The SMILES string of the molecule is O=CC1CCc2c(cc(F)c(F)c2F)C1. The van der Waals surface area contributed by atoms with Gasteiger partial charge in [-0.3, -0.25) is 0 Å². The number of rotatable bonds is 1. The van der Waals surface area contributed by atoms with Crippen molar-refractivity contribution in [2.45, 2.75) is 19.3 Å². The lowest BCUT2D eigenvalue weighted by molar-refractivity contribution is -0.111. The van der Waals surface area contributed by atoms with Gasteiger partial charge in [0.15, 0.2) is 17.5 Å².